The Balaban J connectivity index is 5.17. The third kappa shape index (κ3) is 67.0. The van der Waals surface area contributed by atoms with Crippen LogP contribution in [0.2, 0.25) is 0 Å². The number of hydrogen-bond acceptors (Lipinski definition) is 15. The Morgan fingerprint density at radius 3 is 0.817 bits per heavy atom. The van der Waals surface area contributed by atoms with Crippen molar-refractivity contribution in [1.29, 1.82) is 0 Å². The molecule has 0 bridgehead atoms. The van der Waals surface area contributed by atoms with Crippen molar-refractivity contribution in [3.8, 4) is 0 Å². The zero-order valence-electron chi connectivity index (χ0n) is 60.7. The molecule has 0 spiro atoms. The van der Waals surface area contributed by atoms with Gasteiger partial charge in [0, 0.05) is 25.7 Å². The van der Waals surface area contributed by atoms with Crippen LogP contribution in [0.5, 0.6) is 0 Å². The molecule has 0 radical (unpaired) electrons. The van der Waals surface area contributed by atoms with Gasteiger partial charge in [0.1, 0.15) is 19.3 Å². The standard InChI is InChI=1S/C74H144O17P2/c1-8-10-11-12-31-41-48-55-71(76)84-61-69(91-74(79)58-51-44-37-30-29-34-40-47-54-67(7)9-2)63-88-92(80,81)86-59-68(75)60-87-93(82,83)89-64-70(62-85-72(77)56-49-42-35-27-24-23-26-33-39-46-53-66(5)6)90-73(78)57-50-43-36-28-22-20-18-16-14-13-15-17-19-21-25-32-38-45-52-65(3)4/h65-70,75H,8-64H2,1-7H3,(H,80,81)(H,82,83)/t67?,68-,69+,70+/m0/s1. The minimum atomic E-state index is -4.95. The predicted octanol–water partition coefficient (Wildman–Crippen LogP) is 21.4. The molecule has 0 saturated heterocycles. The van der Waals surface area contributed by atoms with Gasteiger partial charge in [-0.25, -0.2) is 9.13 Å². The minimum absolute atomic E-state index is 0.104. The van der Waals surface area contributed by atoms with Crippen molar-refractivity contribution in [1.82, 2.24) is 0 Å². The molecule has 0 aromatic heterocycles. The van der Waals surface area contributed by atoms with Crippen LogP contribution in [0.1, 0.15) is 376 Å². The van der Waals surface area contributed by atoms with E-state index in [1.807, 2.05) is 0 Å². The van der Waals surface area contributed by atoms with Crippen molar-refractivity contribution in [2.75, 3.05) is 39.6 Å². The van der Waals surface area contributed by atoms with E-state index in [0.717, 1.165) is 120 Å². The number of phosphoric acid groups is 2. The largest absolute Gasteiger partial charge is 0.472 e. The molecule has 0 aromatic rings. The van der Waals surface area contributed by atoms with E-state index in [1.165, 1.54) is 173 Å². The minimum Gasteiger partial charge on any atom is -0.462 e. The van der Waals surface area contributed by atoms with Gasteiger partial charge < -0.3 is 33.8 Å². The summed E-state index contributed by atoms with van der Waals surface area (Å²) < 4.78 is 68.3. The molecule has 3 unspecified atom stereocenters. The highest BCUT2D eigenvalue weighted by Crippen LogP contribution is 2.45. The van der Waals surface area contributed by atoms with Crippen molar-refractivity contribution in [3.63, 3.8) is 0 Å². The molecular formula is C74H144O17P2. The zero-order chi connectivity index (χ0) is 68.7. The van der Waals surface area contributed by atoms with Crippen LogP contribution in [0.4, 0.5) is 0 Å². The molecule has 3 N–H and O–H groups in total. The lowest BCUT2D eigenvalue weighted by molar-refractivity contribution is -0.161. The van der Waals surface area contributed by atoms with E-state index in [9.17, 15) is 43.2 Å². The number of aliphatic hydroxyl groups excluding tert-OH is 1. The summed E-state index contributed by atoms with van der Waals surface area (Å²) in [4.78, 5) is 72.6. The monoisotopic (exact) mass is 1370 g/mol. The second-order valence-electron chi connectivity index (χ2n) is 27.9. The van der Waals surface area contributed by atoms with Gasteiger partial charge in [-0.15, -0.1) is 0 Å². The van der Waals surface area contributed by atoms with Gasteiger partial charge in [0.05, 0.1) is 26.4 Å². The molecule has 93 heavy (non-hydrogen) atoms. The lowest BCUT2D eigenvalue weighted by Crippen LogP contribution is -2.30. The van der Waals surface area contributed by atoms with Crippen LogP contribution in [0.25, 0.3) is 0 Å². The van der Waals surface area contributed by atoms with E-state index < -0.39 is 97.5 Å². The van der Waals surface area contributed by atoms with E-state index in [1.54, 1.807) is 0 Å². The summed E-state index contributed by atoms with van der Waals surface area (Å²) in [6.45, 7) is 11.9. The highest BCUT2D eigenvalue weighted by atomic mass is 31.2. The smallest absolute Gasteiger partial charge is 0.462 e. The summed E-state index contributed by atoms with van der Waals surface area (Å²) in [5, 5.41) is 10.6. The Morgan fingerprint density at radius 1 is 0.312 bits per heavy atom. The first-order chi connectivity index (χ1) is 44.8. The first kappa shape index (κ1) is 91.1. The summed E-state index contributed by atoms with van der Waals surface area (Å²) in [5.41, 5.74) is 0. The van der Waals surface area contributed by atoms with Gasteiger partial charge in [-0.05, 0) is 43.4 Å². The molecule has 0 saturated carbocycles. The fraction of sp³-hybridized carbons (Fsp3) is 0.946. The molecule has 0 rings (SSSR count). The van der Waals surface area contributed by atoms with Gasteiger partial charge >= 0.3 is 39.5 Å². The summed E-state index contributed by atoms with van der Waals surface area (Å²) in [7, 11) is -9.90. The Hall–Kier alpha value is -1.94. The van der Waals surface area contributed by atoms with Crippen LogP contribution < -0.4 is 0 Å². The third-order valence-corrected chi connectivity index (χ3v) is 19.4. The topological polar surface area (TPSA) is 237 Å². The third-order valence-electron chi connectivity index (χ3n) is 17.5. The highest BCUT2D eigenvalue weighted by molar-refractivity contribution is 7.47. The molecule has 6 atom stereocenters. The normalized spacial score (nSPS) is 14.4. The first-order valence-electron chi connectivity index (χ1n) is 38.4. The summed E-state index contributed by atoms with van der Waals surface area (Å²) in [5.74, 6) is 0.222. The van der Waals surface area contributed by atoms with Crippen LogP contribution in [0.3, 0.4) is 0 Å². The molecule has 0 heterocycles. The molecule has 0 amide bonds. The van der Waals surface area contributed by atoms with Gasteiger partial charge in [-0.3, -0.25) is 37.3 Å². The number of esters is 4. The fourth-order valence-corrected chi connectivity index (χ4v) is 12.8. The maximum absolute atomic E-state index is 13.1. The molecule has 0 fully saturated rings. The van der Waals surface area contributed by atoms with Crippen LogP contribution >= 0.6 is 15.6 Å². The Morgan fingerprint density at radius 2 is 0.548 bits per heavy atom. The number of ether oxygens (including phenoxy) is 4. The first-order valence-corrected chi connectivity index (χ1v) is 41.4. The van der Waals surface area contributed by atoms with Crippen LogP contribution in [-0.4, -0.2) is 96.7 Å². The van der Waals surface area contributed by atoms with Crippen molar-refractivity contribution < 1.29 is 80.2 Å². The Kier molecular flexibility index (Phi) is 63.4. The van der Waals surface area contributed by atoms with Gasteiger partial charge in [0.25, 0.3) is 0 Å². The number of phosphoric ester groups is 2. The molecule has 19 heteroatoms. The molecule has 0 aliphatic carbocycles. The molecule has 17 nitrogen and oxygen atoms in total. The SMILES string of the molecule is CCCCCCCCCC(=O)OC[C@H](COP(=O)(O)OC[C@H](O)COP(=O)(O)OC[C@@H](COC(=O)CCCCCCCCCCCCC(C)C)OC(=O)CCCCCCCCCCCCCCCCCCCCC(C)C)OC(=O)CCCCCCCCCCC(C)CC. The van der Waals surface area contributed by atoms with E-state index in [0.29, 0.717) is 25.7 Å². The second-order valence-corrected chi connectivity index (χ2v) is 30.8. The summed E-state index contributed by atoms with van der Waals surface area (Å²) >= 11 is 0. The van der Waals surface area contributed by atoms with Crippen LogP contribution in [-0.2, 0) is 65.4 Å². The van der Waals surface area contributed by atoms with Crippen molar-refractivity contribution in [3.05, 3.63) is 0 Å². The number of aliphatic hydroxyl groups is 1. The Bertz CT molecular complexity index is 1820. The number of carbonyl (C=O) groups excluding carboxylic acids is 4. The highest BCUT2D eigenvalue weighted by Gasteiger charge is 2.30. The van der Waals surface area contributed by atoms with Crippen LogP contribution in [0, 0.1) is 17.8 Å². The number of hydrogen-bond donors (Lipinski definition) is 3. The zero-order valence-corrected chi connectivity index (χ0v) is 62.5. The molecule has 0 aliphatic heterocycles. The van der Waals surface area contributed by atoms with Gasteiger partial charge in [0.2, 0.25) is 0 Å². The molecule has 0 aliphatic rings. The molecule has 0 aromatic carbocycles. The number of carbonyl (C=O) groups is 4. The van der Waals surface area contributed by atoms with Gasteiger partial charge in [0.15, 0.2) is 12.2 Å². The van der Waals surface area contributed by atoms with Gasteiger partial charge in [-0.2, -0.15) is 0 Å². The summed E-state index contributed by atoms with van der Waals surface area (Å²) in [6.07, 6.45) is 50.1. The Labute approximate surface area is 568 Å². The fourth-order valence-electron chi connectivity index (χ4n) is 11.2. The maximum atomic E-state index is 13.1. The maximum Gasteiger partial charge on any atom is 0.472 e. The quantitative estimate of drug-likeness (QED) is 0.0222. The van der Waals surface area contributed by atoms with E-state index in [-0.39, 0.29) is 25.7 Å². The molecule has 552 valence electrons. The van der Waals surface area contributed by atoms with Crippen molar-refractivity contribution in [2.24, 2.45) is 17.8 Å². The summed E-state index contributed by atoms with van der Waals surface area (Å²) in [6, 6.07) is 0. The average Bonchev–Trinajstić information content (AvgIpc) is 1.99. The van der Waals surface area contributed by atoms with Gasteiger partial charge in [-0.1, -0.05) is 325 Å². The predicted molar refractivity (Wildman–Crippen MR) is 377 cm³/mol. The van der Waals surface area contributed by atoms with Crippen LogP contribution in [0.15, 0.2) is 0 Å². The van der Waals surface area contributed by atoms with Crippen molar-refractivity contribution >= 4 is 39.5 Å². The number of rotatable bonds is 72. The average molecular weight is 1370 g/mol. The lowest BCUT2D eigenvalue weighted by atomic mass is 9.99. The van der Waals surface area contributed by atoms with E-state index in [4.69, 9.17) is 37.0 Å². The molecular weight excluding hydrogens is 1220 g/mol. The number of unbranched alkanes of at least 4 members (excludes halogenated alkanes) is 39. The lowest BCUT2D eigenvalue weighted by Gasteiger charge is -2.21. The van der Waals surface area contributed by atoms with E-state index >= 15 is 0 Å². The van der Waals surface area contributed by atoms with Crippen molar-refractivity contribution in [2.45, 2.75) is 394 Å². The van der Waals surface area contributed by atoms with E-state index in [2.05, 4.69) is 48.5 Å². The second kappa shape index (κ2) is 64.7.